The average molecular weight is 132 g/mol. The molecule has 2 nitrogen and oxygen atoms in total. The van der Waals surface area contributed by atoms with E-state index >= 15 is 0 Å². The highest BCUT2D eigenvalue weighted by Crippen LogP contribution is 1.90. The molecule has 0 aliphatic carbocycles. The van der Waals surface area contributed by atoms with E-state index in [-0.39, 0.29) is 0 Å². The second-order valence-corrected chi connectivity index (χ2v) is 2.21. The Morgan fingerprint density at radius 3 is 2.71 bits per heavy atom. The van der Waals surface area contributed by atoms with Crippen molar-refractivity contribution in [3.8, 4) is 6.19 Å². The Kier molecular flexibility index (Phi) is 3.75. The normalized spacial score (nSPS) is 6.86. The Morgan fingerprint density at radius 1 is 2.00 bits per heavy atom. The molecule has 0 aromatic rings. The lowest BCUT2D eigenvalue weighted by Gasteiger charge is -1.88. The summed E-state index contributed by atoms with van der Waals surface area (Å²) in [6, 6.07) is 0. The fraction of sp³-hybridized carbons (Fsp3) is 0.333. The molecule has 38 valence electrons. The zero-order valence-electron chi connectivity index (χ0n) is 3.76. The van der Waals surface area contributed by atoms with Crippen LogP contribution in [0.3, 0.4) is 0 Å². The van der Waals surface area contributed by atoms with Gasteiger partial charge in [0.25, 0.3) is 0 Å². The largest absolute Gasteiger partial charge is 0.278 e. The molecule has 0 bridgehead atoms. The summed E-state index contributed by atoms with van der Waals surface area (Å²) in [5, 5.41) is 10.2. The first-order valence-corrected chi connectivity index (χ1v) is 3.17. The highest BCUT2D eigenvalue weighted by molar-refractivity contribution is 8.22. The number of thiocarbonyl (C=S) groups is 1. The lowest BCUT2D eigenvalue weighted by molar-refractivity contribution is 1.32. The van der Waals surface area contributed by atoms with Crippen molar-refractivity contribution in [1.29, 1.82) is 5.26 Å². The van der Waals surface area contributed by atoms with Crippen molar-refractivity contribution in [3.63, 3.8) is 0 Å². The van der Waals surface area contributed by atoms with E-state index in [4.69, 9.17) is 5.26 Å². The number of hydrogen-bond acceptors (Lipinski definition) is 3. The first kappa shape index (κ1) is 6.73. The third-order valence-electron chi connectivity index (χ3n) is 0.343. The average Bonchev–Trinajstić information content (AvgIpc) is 1.68. The third kappa shape index (κ3) is 3.56. The molecule has 7 heavy (non-hydrogen) atoms. The van der Waals surface area contributed by atoms with Crippen LogP contribution in [0.5, 0.6) is 0 Å². The van der Waals surface area contributed by atoms with Crippen molar-refractivity contribution in [2.45, 2.75) is 0 Å². The van der Waals surface area contributed by atoms with E-state index in [0.717, 1.165) is 0 Å². The van der Waals surface area contributed by atoms with Crippen LogP contribution in [0.15, 0.2) is 0 Å². The Balaban J connectivity index is 3.23. The predicted molar refractivity (Wildman–Crippen MR) is 34.9 cm³/mol. The fourth-order valence-corrected chi connectivity index (χ4v) is 0.290. The van der Waals surface area contributed by atoms with Crippen molar-refractivity contribution in [2.24, 2.45) is 0 Å². The van der Waals surface area contributed by atoms with Crippen LogP contribution in [0.2, 0.25) is 0 Å². The standard InChI is InChI=1S/C3H4N2S2/c1-7-3(6)5-2-4/h1H3,(H,5,6). The van der Waals surface area contributed by atoms with Crippen LogP contribution < -0.4 is 5.32 Å². The van der Waals surface area contributed by atoms with Gasteiger partial charge in [0.1, 0.15) is 4.32 Å². The van der Waals surface area contributed by atoms with Gasteiger partial charge in [-0.05, 0) is 6.26 Å². The summed E-state index contributed by atoms with van der Waals surface area (Å²) in [5.41, 5.74) is 0. The number of rotatable bonds is 0. The van der Waals surface area contributed by atoms with Gasteiger partial charge in [-0.3, -0.25) is 5.32 Å². The van der Waals surface area contributed by atoms with Crippen LogP contribution in [0.4, 0.5) is 0 Å². The van der Waals surface area contributed by atoms with E-state index in [0.29, 0.717) is 4.32 Å². The van der Waals surface area contributed by atoms with Crippen LogP contribution in [0.1, 0.15) is 0 Å². The fourth-order valence-electron chi connectivity index (χ4n) is 0.0967. The van der Waals surface area contributed by atoms with Gasteiger partial charge in [-0.15, -0.1) is 0 Å². The van der Waals surface area contributed by atoms with Crippen LogP contribution >= 0.6 is 24.0 Å². The smallest absolute Gasteiger partial charge is 0.182 e. The molecular formula is C3H4N2S2. The first-order chi connectivity index (χ1) is 3.31. The van der Waals surface area contributed by atoms with E-state index in [1.165, 1.54) is 11.8 Å². The van der Waals surface area contributed by atoms with Gasteiger partial charge in [0.15, 0.2) is 6.19 Å². The highest BCUT2D eigenvalue weighted by Gasteiger charge is 1.83. The zero-order chi connectivity index (χ0) is 5.70. The maximum absolute atomic E-state index is 7.91. The van der Waals surface area contributed by atoms with E-state index in [1.807, 2.05) is 6.26 Å². The van der Waals surface area contributed by atoms with Gasteiger partial charge in [0, 0.05) is 0 Å². The van der Waals surface area contributed by atoms with Crippen LogP contribution in [-0.2, 0) is 0 Å². The molecule has 1 N–H and O–H groups in total. The molecule has 0 saturated carbocycles. The molecule has 0 heterocycles. The lowest BCUT2D eigenvalue weighted by atomic mass is 11.2. The summed E-state index contributed by atoms with van der Waals surface area (Å²) < 4.78 is 0.516. The Bertz CT molecular complexity index is 104. The summed E-state index contributed by atoms with van der Waals surface area (Å²) in [6.45, 7) is 0. The van der Waals surface area contributed by atoms with E-state index < -0.39 is 0 Å². The molecule has 0 aromatic carbocycles. The monoisotopic (exact) mass is 132 g/mol. The molecule has 0 aliphatic heterocycles. The summed E-state index contributed by atoms with van der Waals surface area (Å²) in [5.74, 6) is 0. The second-order valence-electron chi connectivity index (χ2n) is 0.728. The summed E-state index contributed by atoms with van der Waals surface area (Å²) >= 11 is 5.93. The molecule has 4 heteroatoms. The molecule has 0 fully saturated rings. The summed E-state index contributed by atoms with van der Waals surface area (Å²) in [7, 11) is 0. The molecular weight excluding hydrogens is 128 g/mol. The minimum Gasteiger partial charge on any atom is -0.278 e. The van der Waals surface area contributed by atoms with Crippen molar-refractivity contribution in [3.05, 3.63) is 0 Å². The van der Waals surface area contributed by atoms with Gasteiger partial charge in [-0.1, -0.05) is 24.0 Å². The molecule has 0 aromatic heterocycles. The number of nitrogens with one attached hydrogen (secondary N) is 1. The quantitative estimate of drug-likeness (QED) is 0.299. The minimum atomic E-state index is 0.516. The highest BCUT2D eigenvalue weighted by atomic mass is 32.2. The van der Waals surface area contributed by atoms with Crippen molar-refractivity contribution >= 4 is 28.3 Å². The third-order valence-corrected chi connectivity index (χ3v) is 1.42. The van der Waals surface area contributed by atoms with Gasteiger partial charge < -0.3 is 0 Å². The van der Waals surface area contributed by atoms with Gasteiger partial charge in [0.05, 0.1) is 0 Å². The molecule has 0 saturated heterocycles. The summed E-state index contributed by atoms with van der Waals surface area (Å²) in [4.78, 5) is 0. The minimum absolute atomic E-state index is 0.516. The molecule has 0 rings (SSSR count). The van der Waals surface area contributed by atoms with E-state index in [9.17, 15) is 0 Å². The predicted octanol–water partition coefficient (Wildman–Crippen LogP) is 0.705. The molecule has 0 amide bonds. The van der Waals surface area contributed by atoms with Crippen LogP contribution in [0.25, 0.3) is 0 Å². The van der Waals surface area contributed by atoms with Crippen molar-refractivity contribution < 1.29 is 0 Å². The number of nitrogens with zero attached hydrogens (tertiary/aromatic N) is 1. The number of nitriles is 1. The number of hydrogen-bond donors (Lipinski definition) is 1. The van der Waals surface area contributed by atoms with Crippen molar-refractivity contribution in [1.82, 2.24) is 5.32 Å². The van der Waals surface area contributed by atoms with Crippen LogP contribution in [0, 0.1) is 11.5 Å². The maximum atomic E-state index is 7.91. The lowest BCUT2D eigenvalue weighted by Crippen LogP contribution is -2.08. The zero-order valence-corrected chi connectivity index (χ0v) is 5.40. The SMILES string of the molecule is CSC(=S)NC#N. The molecule has 0 unspecified atom stereocenters. The molecule has 0 radical (unpaired) electrons. The van der Waals surface area contributed by atoms with Gasteiger partial charge >= 0.3 is 0 Å². The Hall–Kier alpha value is -0.270. The van der Waals surface area contributed by atoms with E-state index in [1.54, 1.807) is 6.19 Å². The second kappa shape index (κ2) is 3.90. The van der Waals surface area contributed by atoms with E-state index in [2.05, 4.69) is 17.5 Å². The molecule has 0 aliphatic rings. The summed E-state index contributed by atoms with van der Waals surface area (Å²) in [6.07, 6.45) is 3.52. The first-order valence-electron chi connectivity index (χ1n) is 1.54. The molecule has 0 spiro atoms. The number of thioether (sulfide) groups is 1. The topological polar surface area (TPSA) is 35.8 Å². The van der Waals surface area contributed by atoms with Gasteiger partial charge in [-0.25, -0.2) is 0 Å². The van der Waals surface area contributed by atoms with Crippen molar-refractivity contribution in [2.75, 3.05) is 6.26 Å². The van der Waals surface area contributed by atoms with Crippen LogP contribution in [-0.4, -0.2) is 10.6 Å². The van der Waals surface area contributed by atoms with Gasteiger partial charge in [-0.2, -0.15) is 5.26 Å². The maximum Gasteiger partial charge on any atom is 0.182 e. The Labute approximate surface area is 51.9 Å². The molecule has 0 atom stereocenters. The Morgan fingerprint density at radius 2 is 2.57 bits per heavy atom. The van der Waals surface area contributed by atoms with Gasteiger partial charge in [0.2, 0.25) is 0 Å².